The number of phenolic OH excluding ortho intramolecular Hbond substituents is 1. The molecule has 0 spiro atoms. The number of hydrogen-bond acceptors (Lipinski definition) is 5. The quantitative estimate of drug-likeness (QED) is 0.294. The second-order valence-electron chi connectivity index (χ2n) is 6.19. The van der Waals surface area contributed by atoms with E-state index in [4.69, 9.17) is 17.0 Å². The third kappa shape index (κ3) is 5.12. The highest BCUT2D eigenvalue weighted by atomic mass is 32.1. The first kappa shape index (κ1) is 20.8. The lowest BCUT2D eigenvalue weighted by atomic mass is 10.1. The van der Waals surface area contributed by atoms with Crippen molar-refractivity contribution < 1.29 is 19.4 Å². The molecule has 0 unspecified atom stereocenters. The van der Waals surface area contributed by atoms with Gasteiger partial charge in [0.25, 0.3) is 5.91 Å². The highest BCUT2D eigenvalue weighted by Crippen LogP contribution is 2.24. The van der Waals surface area contributed by atoms with Crippen molar-refractivity contribution in [2.75, 3.05) is 7.11 Å². The van der Waals surface area contributed by atoms with Crippen LogP contribution in [0.3, 0.4) is 0 Å². The fourth-order valence-electron chi connectivity index (χ4n) is 2.75. The van der Waals surface area contributed by atoms with Gasteiger partial charge in [-0.25, -0.2) is 0 Å². The topological polar surface area (TPSA) is 99.7 Å². The number of thiocarbonyl (C=S) groups is 1. The summed E-state index contributed by atoms with van der Waals surface area (Å²) in [5.74, 6) is -0.618. The number of benzene rings is 3. The summed E-state index contributed by atoms with van der Waals surface area (Å²) in [6.45, 7) is 0. The van der Waals surface area contributed by atoms with Crippen molar-refractivity contribution in [3.8, 4) is 11.5 Å². The lowest BCUT2D eigenvalue weighted by molar-refractivity contribution is -0.115. The second kappa shape index (κ2) is 9.53. The number of ether oxygens (including phenoxy) is 1. The van der Waals surface area contributed by atoms with Crippen molar-refractivity contribution >= 4 is 46.0 Å². The molecule has 30 heavy (non-hydrogen) atoms. The Balaban J connectivity index is 1.56. The molecule has 0 aliphatic heterocycles. The Kier molecular flexibility index (Phi) is 6.61. The van der Waals surface area contributed by atoms with Crippen molar-refractivity contribution in [3.05, 3.63) is 77.9 Å². The van der Waals surface area contributed by atoms with Crippen molar-refractivity contribution in [1.82, 2.24) is 16.2 Å². The molecule has 152 valence electrons. The normalized spacial score (nSPS) is 10.6. The van der Waals surface area contributed by atoms with Gasteiger partial charge in [0.15, 0.2) is 5.11 Å². The molecule has 3 aromatic carbocycles. The van der Waals surface area contributed by atoms with Crippen molar-refractivity contribution in [3.63, 3.8) is 0 Å². The second-order valence-corrected chi connectivity index (χ2v) is 6.60. The van der Waals surface area contributed by atoms with E-state index in [1.807, 2.05) is 36.4 Å². The number of hydrazine groups is 1. The summed E-state index contributed by atoms with van der Waals surface area (Å²) in [4.78, 5) is 24.4. The molecule has 0 heterocycles. The summed E-state index contributed by atoms with van der Waals surface area (Å²) < 4.78 is 5.21. The van der Waals surface area contributed by atoms with Crippen LogP contribution in [0, 0.1) is 0 Å². The number of para-hydroxylation sites is 1. The molecule has 0 aliphatic carbocycles. The number of carbonyl (C=O) groups excluding carboxylic acids is 2. The van der Waals surface area contributed by atoms with Gasteiger partial charge in [0.05, 0.1) is 12.7 Å². The van der Waals surface area contributed by atoms with E-state index in [2.05, 4.69) is 16.2 Å². The number of amides is 2. The maximum Gasteiger partial charge on any atom is 0.273 e. The Morgan fingerprint density at radius 1 is 1.00 bits per heavy atom. The molecule has 4 N–H and O–H groups in total. The predicted octanol–water partition coefficient (Wildman–Crippen LogP) is 2.90. The van der Waals surface area contributed by atoms with Crippen LogP contribution in [-0.2, 0) is 4.79 Å². The van der Waals surface area contributed by atoms with E-state index in [-0.39, 0.29) is 16.4 Å². The molecule has 0 saturated heterocycles. The predicted molar refractivity (Wildman–Crippen MR) is 119 cm³/mol. The highest BCUT2D eigenvalue weighted by molar-refractivity contribution is 7.80. The molecule has 7 nitrogen and oxygen atoms in total. The molecule has 3 aromatic rings. The zero-order chi connectivity index (χ0) is 21.5. The Bertz CT molecular complexity index is 1140. The molecule has 8 heteroatoms. The number of aromatic hydroxyl groups is 1. The average Bonchev–Trinajstić information content (AvgIpc) is 2.75. The van der Waals surface area contributed by atoms with Crippen LogP contribution in [0.2, 0.25) is 0 Å². The summed E-state index contributed by atoms with van der Waals surface area (Å²) in [7, 11) is 1.54. The van der Waals surface area contributed by atoms with Crippen molar-refractivity contribution in [1.29, 1.82) is 0 Å². The fraction of sp³-hybridized carbons (Fsp3) is 0.0455. The molecule has 2 amide bonds. The van der Waals surface area contributed by atoms with Gasteiger partial charge in [0.2, 0.25) is 5.91 Å². The van der Waals surface area contributed by atoms with Gasteiger partial charge in [0.1, 0.15) is 11.5 Å². The van der Waals surface area contributed by atoms with Gasteiger partial charge in [-0.2, -0.15) is 0 Å². The third-order valence-corrected chi connectivity index (χ3v) is 4.39. The molecule has 0 aliphatic rings. The van der Waals surface area contributed by atoms with Gasteiger partial charge in [-0.3, -0.25) is 25.8 Å². The van der Waals surface area contributed by atoms with Crippen LogP contribution in [0.15, 0.2) is 66.7 Å². The lowest BCUT2D eigenvalue weighted by Crippen LogP contribution is -2.48. The van der Waals surface area contributed by atoms with Gasteiger partial charge in [0, 0.05) is 11.6 Å². The minimum Gasteiger partial charge on any atom is -0.507 e. The minimum atomic E-state index is -0.598. The largest absolute Gasteiger partial charge is 0.507 e. The number of fused-ring (bicyclic) bond motifs is 1. The molecule has 0 saturated carbocycles. The van der Waals surface area contributed by atoms with Crippen molar-refractivity contribution in [2.45, 2.75) is 0 Å². The number of rotatable bonds is 4. The number of carbonyl (C=O) groups is 2. The molecule has 0 radical (unpaired) electrons. The smallest absolute Gasteiger partial charge is 0.273 e. The maximum atomic E-state index is 12.3. The summed E-state index contributed by atoms with van der Waals surface area (Å²) in [6.07, 6.45) is 2.88. The van der Waals surface area contributed by atoms with Crippen LogP contribution in [0.1, 0.15) is 15.9 Å². The van der Waals surface area contributed by atoms with E-state index in [0.29, 0.717) is 5.75 Å². The van der Waals surface area contributed by atoms with E-state index in [0.717, 1.165) is 16.3 Å². The zero-order valence-corrected chi connectivity index (χ0v) is 16.8. The van der Waals surface area contributed by atoms with Crippen molar-refractivity contribution in [2.24, 2.45) is 0 Å². The van der Waals surface area contributed by atoms with E-state index < -0.39 is 11.8 Å². The standard InChI is InChI=1S/C22H19N3O4S/c1-29-19-9-5-4-6-14(19)10-11-20(27)23-22(30)25-24-21(28)17-12-15-7-2-3-8-16(15)13-18(17)26/h2-13,26H,1H3,(H,24,28)(H2,23,25,27,30). The molecule has 0 fully saturated rings. The van der Waals surface area contributed by atoms with E-state index >= 15 is 0 Å². The summed E-state index contributed by atoms with van der Waals surface area (Å²) >= 11 is 5.01. The van der Waals surface area contributed by atoms with Gasteiger partial charge in [-0.1, -0.05) is 42.5 Å². The molecular weight excluding hydrogens is 402 g/mol. The third-order valence-electron chi connectivity index (χ3n) is 4.19. The van der Waals surface area contributed by atoms with Gasteiger partial charge >= 0.3 is 0 Å². The fourth-order valence-corrected chi connectivity index (χ4v) is 2.90. The Labute approximate surface area is 178 Å². The molecule has 3 rings (SSSR count). The van der Waals surface area contributed by atoms with Gasteiger partial charge in [-0.05, 0) is 47.3 Å². The number of nitrogens with one attached hydrogen (secondary N) is 3. The number of hydrogen-bond donors (Lipinski definition) is 4. The van der Waals surface area contributed by atoms with Gasteiger partial charge in [-0.15, -0.1) is 0 Å². The SMILES string of the molecule is COc1ccccc1C=CC(=O)NC(=S)NNC(=O)c1cc2ccccc2cc1O. The number of phenols is 1. The first-order valence-corrected chi connectivity index (χ1v) is 9.33. The number of methoxy groups -OCH3 is 1. The minimum absolute atomic E-state index is 0.0754. The zero-order valence-electron chi connectivity index (χ0n) is 16.0. The highest BCUT2D eigenvalue weighted by Gasteiger charge is 2.13. The first-order valence-electron chi connectivity index (χ1n) is 8.92. The Hall–Kier alpha value is -3.91. The molecule has 0 atom stereocenters. The van der Waals surface area contributed by atoms with E-state index in [1.165, 1.54) is 12.1 Å². The van der Waals surface area contributed by atoms with Gasteiger partial charge < -0.3 is 9.84 Å². The van der Waals surface area contributed by atoms with E-state index in [9.17, 15) is 14.7 Å². The first-order chi connectivity index (χ1) is 14.5. The van der Waals surface area contributed by atoms with Crippen LogP contribution in [0.25, 0.3) is 16.8 Å². The Morgan fingerprint density at radius 2 is 1.67 bits per heavy atom. The molecule has 0 bridgehead atoms. The monoisotopic (exact) mass is 421 g/mol. The van der Waals surface area contributed by atoms with Crippen LogP contribution >= 0.6 is 12.2 Å². The molecule has 0 aromatic heterocycles. The average molecular weight is 421 g/mol. The lowest BCUT2D eigenvalue weighted by Gasteiger charge is -2.11. The Morgan fingerprint density at radius 3 is 2.40 bits per heavy atom. The molecular formula is C22H19N3O4S. The van der Waals surface area contributed by atoms with Crippen LogP contribution in [-0.4, -0.2) is 29.1 Å². The van der Waals surface area contributed by atoms with E-state index in [1.54, 1.807) is 31.4 Å². The van der Waals surface area contributed by atoms with Crippen LogP contribution in [0.4, 0.5) is 0 Å². The maximum absolute atomic E-state index is 12.3. The van der Waals surface area contributed by atoms with Crippen LogP contribution < -0.4 is 20.9 Å². The van der Waals surface area contributed by atoms with Crippen LogP contribution in [0.5, 0.6) is 11.5 Å². The summed E-state index contributed by atoms with van der Waals surface area (Å²) in [6, 6.07) is 17.6. The summed E-state index contributed by atoms with van der Waals surface area (Å²) in [5, 5.41) is 14.0. The summed E-state index contributed by atoms with van der Waals surface area (Å²) in [5.41, 5.74) is 5.60.